The number of benzene rings is 1. The van der Waals surface area contributed by atoms with Crippen molar-refractivity contribution < 1.29 is 13.2 Å². The van der Waals surface area contributed by atoms with Crippen LogP contribution >= 0.6 is 0 Å². The molecule has 1 aromatic rings. The molecule has 0 atom stereocenters. The van der Waals surface area contributed by atoms with Crippen LogP contribution in [-0.2, 0) is 6.18 Å². The minimum atomic E-state index is -4.33. The van der Waals surface area contributed by atoms with Gasteiger partial charge in [-0.25, -0.2) is 0 Å². The lowest BCUT2D eigenvalue weighted by Gasteiger charge is -2.32. The van der Waals surface area contributed by atoms with Gasteiger partial charge in [0, 0.05) is 26.2 Å². The van der Waals surface area contributed by atoms with Gasteiger partial charge in [-0.3, -0.25) is 0 Å². The average molecular weight is 243 g/mol. The van der Waals surface area contributed by atoms with Gasteiger partial charge in [0.15, 0.2) is 0 Å². The molecule has 2 nitrogen and oxygen atoms in total. The minimum absolute atomic E-state index is 0.224. The molecule has 1 heterocycles. The summed E-state index contributed by atoms with van der Waals surface area (Å²) in [7, 11) is 0. The summed E-state index contributed by atoms with van der Waals surface area (Å²) in [5, 5.41) is 3.12. The molecule has 1 N–H and O–H groups in total. The smallest absolute Gasteiger partial charge is 0.368 e. The number of nitrogens with zero attached hydrogens (tertiary/aromatic N) is 1. The largest absolute Gasteiger partial charge is 0.418 e. The van der Waals surface area contributed by atoms with Gasteiger partial charge in [-0.1, -0.05) is 12.1 Å². The van der Waals surface area contributed by atoms with E-state index in [0.29, 0.717) is 31.7 Å². The standard InChI is InChI=1S/C12H14F3N2/c1-9-3-2-4-10(12(13,14)15)11(9)17-7-5-16-6-8-17/h2-4,16H,1,5-8H2. The monoisotopic (exact) mass is 243 g/mol. The predicted octanol–water partition coefficient (Wildman–Crippen LogP) is 2.30. The van der Waals surface area contributed by atoms with E-state index in [2.05, 4.69) is 12.2 Å². The summed E-state index contributed by atoms with van der Waals surface area (Å²) < 4.78 is 38.7. The average Bonchev–Trinajstić information content (AvgIpc) is 2.28. The maximum absolute atomic E-state index is 12.9. The van der Waals surface area contributed by atoms with Crippen LogP contribution in [0.3, 0.4) is 0 Å². The molecule has 0 aliphatic carbocycles. The van der Waals surface area contributed by atoms with E-state index in [1.165, 1.54) is 6.07 Å². The second-order valence-electron chi connectivity index (χ2n) is 4.05. The summed E-state index contributed by atoms with van der Waals surface area (Å²) in [6.07, 6.45) is -4.33. The fourth-order valence-electron chi connectivity index (χ4n) is 2.08. The van der Waals surface area contributed by atoms with E-state index < -0.39 is 11.7 Å². The molecule has 1 saturated heterocycles. The predicted molar refractivity (Wildman–Crippen MR) is 61.0 cm³/mol. The van der Waals surface area contributed by atoms with E-state index in [-0.39, 0.29) is 5.69 Å². The van der Waals surface area contributed by atoms with Gasteiger partial charge in [0.1, 0.15) is 0 Å². The second kappa shape index (κ2) is 4.56. The number of piperazine rings is 1. The van der Waals surface area contributed by atoms with Gasteiger partial charge in [-0.15, -0.1) is 0 Å². The van der Waals surface area contributed by atoms with Crippen LogP contribution in [0, 0.1) is 6.92 Å². The molecule has 0 amide bonds. The van der Waals surface area contributed by atoms with Crippen molar-refractivity contribution in [1.82, 2.24) is 5.32 Å². The summed E-state index contributed by atoms with van der Waals surface area (Å²) in [5.41, 5.74) is 0.0649. The highest BCUT2D eigenvalue weighted by atomic mass is 19.4. The summed E-state index contributed by atoms with van der Waals surface area (Å²) in [5.74, 6) is 0. The molecule has 0 aromatic heterocycles. The van der Waals surface area contributed by atoms with Crippen LogP contribution in [0.15, 0.2) is 18.2 Å². The Balaban J connectivity index is 2.43. The van der Waals surface area contributed by atoms with Gasteiger partial charge in [-0.05, 0) is 18.6 Å². The highest BCUT2D eigenvalue weighted by Crippen LogP contribution is 2.38. The molecule has 1 aliphatic rings. The van der Waals surface area contributed by atoms with Crippen LogP contribution in [-0.4, -0.2) is 26.2 Å². The lowest BCUT2D eigenvalue weighted by molar-refractivity contribution is -0.137. The van der Waals surface area contributed by atoms with Crippen molar-refractivity contribution in [3.8, 4) is 0 Å². The van der Waals surface area contributed by atoms with Crippen LogP contribution in [0.2, 0.25) is 0 Å². The number of alkyl halides is 3. The summed E-state index contributed by atoms with van der Waals surface area (Å²) in [6.45, 7) is 6.27. The van der Waals surface area contributed by atoms with Crippen LogP contribution < -0.4 is 10.2 Å². The highest BCUT2D eigenvalue weighted by molar-refractivity contribution is 5.62. The van der Waals surface area contributed by atoms with Gasteiger partial charge in [0.2, 0.25) is 0 Å². The third kappa shape index (κ3) is 2.54. The van der Waals surface area contributed by atoms with E-state index in [9.17, 15) is 13.2 Å². The number of para-hydroxylation sites is 1. The topological polar surface area (TPSA) is 15.3 Å². The van der Waals surface area contributed by atoms with E-state index in [0.717, 1.165) is 6.07 Å². The molecular weight excluding hydrogens is 229 g/mol. The molecule has 1 aliphatic heterocycles. The van der Waals surface area contributed by atoms with Gasteiger partial charge in [0.05, 0.1) is 11.3 Å². The molecule has 1 radical (unpaired) electrons. The molecule has 17 heavy (non-hydrogen) atoms. The molecule has 1 fully saturated rings. The Morgan fingerprint density at radius 2 is 1.82 bits per heavy atom. The summed E-state index contributed by atoms with van der Waals surface area (Å²) >= 11 is 0. The lowest BCUT2D eigenvalue weighted by atomic mass is 10.1. The van der Waals surface area contributed by atoms with Crippen LogP contribution in [0.1, 0.15) is 11.1 Å². The normalized spacial score (nSPS) is 17.3. The molecule has 1 aromatic carbocycles. The Hall–Kier alpha value is -1.23. The molecule has 2 rings (SSSR count). The number of nitrogens with one attached hydrogen (secondary N) is 1. The zero-order valence-corrected chi connectivity index (χ0v) is 9.35. The van der Waals surface area contributed by atoms with Crippen LogP contribution in [0.4, 0.5) is 18.9 Å². The number of hydrogen-bond donors (Lipinski definition) is 1. The SMILES string of the molecule is [CH2]c1cccc(C(F)(F)F)c1N1CCNCC1. The van der Waals surface area contributed by atoms with Crippen molar-refractivity contribution in [3.05, 3.63) is 36.2 Å². The van der Waals surface area contributed by atoms with E-state index in [4.69, 9.17) is 0 Å². The number of anilines is 1. The second-order valence-corrected chi connectivity index (χ2v) is 4.05. The summed E-state index contributed by atoms with van der Waals surface area (Å²) in [4.78, 5) is 1.75. The van der Waals surface area contributed by atoms with Crippen molar-refractivity contribution in [1.29, 1.82) is 0 Å². The van der Waals surface area contributed by atoms with Crippen molar-refractivity contribution >= 4 is 5.69 Å². The van der Waals surface area contributed by atoms with Crippen molar-refractivity contribution in [2.24, 2.45) is 0 Å². The third-order valence-corrected chi connectivity index (χ3v) is 2.86. The highest BCUT2D eigenvalue weighted by Gasteiger charge is 2.35. The van der Waals surface area contributed by atoms with Gasteiger partial charge in [-0.2, -0.15) is 13.2 Å². The first-order valence-corrected chi connectivity index (χ1v) is 5.48. The maximum Gasteiger partial charge on any atom is 0.418 e. The zero-order chi connectivity index (χ0) is 12.5. The Morgan fingerprint density at radius 3 is 2.41 bits per heavy atom. The first-order chi connectivity index (χ1) is 8.00. The Bertz CT molecular complexity index is 395. The fourth-order valence-corrected chi connectivity index (χ4v) is 2.08. The molecule has 0 bridgehead atoms. The Labute approximate surface area is 98.4 Å². The van der Waals surface area contributed by atoms with Crippen molar-refractivity contribution in [2.45, 2.75) is 6.18 Å². The third-order valence-electron chi connectivity index (χ3n) is 2.86. The van der Waals surface area contributed by atoms with Gasteiger partial charge < -0.3 is 10.2 Å². The number of halogens is 3. The first kappa shape index (κ1) is 12.2. The number of hydrogen-bond acceptors (Lipinski definition) is 2. The van der Waals surface area contributed by atoms with Crippen LogP contribution in [0.25, 0.3) is 0 Å². The molecule has 0 saturated carbocycles. The molecule has 5 heteroatoms. The first-order valence-electron chi connectivity index (χ1n) is 5.48. The van der Waals surface area contributed by atoms with E-state index in [1.807, 2.05) is 0 Å². The maximum atomic E-state index is 12.9. The van der Waals surface area contributed by atoms with E-state index in [1.54, 1.807) is 11.0 Å². The molecule has 0 unspecified atom stereocenters. The number of rotatable bonds is 1. The van der Waals surface area contributed by atoms with Crippen LogP contribution in [0.5, 0.6) is 0 Å². The molecule has 0 spiro atoms. The quantitative estimate of drug-likeness (QED) is 0.814. The molecule has 93 valence electrons. The Kier molecular flexibility index (Phi) is 3.28. The lowest BCUT2D eigenvalue weighted by Crippen LogP contribution is -2.44. The minimum Gasteiger partial charge on any atom is -0.368 e. The summed E-state index contributed by atoms with van der Waals surface area (Å²) in [6, 6.07) is 4.13. The molecular formula is C12H14F3N2. The van der Waals surface area contributed by atoms with E-state index >= 15 is 0 Å². The van der Waals surface area contributed by atoms with Gasteiger partial charge >= 0.3 is 6.18 Å². The van der Waals surface area contributed by atoms with Crippen molar-refractivity contribution in [3.63, 3.8) is 0 Å². The van der Waals surface area contributed by atoms with Crippen molar-refractivity contribution in [2.75, 3.05) is 31.1 Å². The fraction of sp³-hybridized carbons (Fsp3) is 0.417. The Morgan fingerprint density at radius 1 is 1.18 bits per heavy atom. The zero-order valence-electron chi connectivity index (χ0n) is 9.35. The van der Waals surface area contributed by atoms with Gasteiger partial charge in [0.25, 0.3) is 0 Å².